The second-order valence-corrected chi connectivity index (χ2v) is 5.28. The highest BCUT2D eigenvalue weighted by Crippen LogP contribution is 2.42. The van der Waals surface area contributed by atoms with Crippen molar-refractivity contribution in [3.05, 3.63) is 18.2 Å². The number of imidazole rings is 1. The van der Waals surface area contributed by atoms with Gasteiger partial charge in [0.25, 0.3) is 0 Å². The van der Waals surface area contributed by atoms with Crippen molar-refractivity contribution in [1.82, 2.24) is 14.5 Å². The molecule has 3 unspecified atom stereocenters. The van der Waals surface area contributed by atoms with E-state index in [-0.39, 0.29) is 12.0 Å². The standard InChI is InChI=1S/C13H19N3O2/c1-2-15-6-5-14-12(15)8-16-9-3-4-11(16)10(7-9)13(17)18/h5-6,9-11H,2-4,7-8H2,1H3,(H,17,18). The minimum Gasteiger partial charge on any atom is -0.481 e. The third kappa shape index (κ3) is 1.73. The van der Waals surface area contributed by atoms with Crippen molar-refractivity contribution in [2.24, 2.45) is 5.92 Å². The first-order valence-electron chi connectivity index (χ1n) is 6.69. The summed E-state index contributed by atoms with van der Waals surface area (Å²) in [6, 6.07) is 0.660. The molecule has 0 saturated carbocycles. The number of hydrogen-bond donors (Lipinski definition) is 1. The number of nitrogens with zero attached hydrogens (tertiary/aromatic N) is 3. The Labute approximate surface area is 106 Å². The van der Waals surface area contributed by atoms with Gasteiger partial charge in [0.1, 0.15) is 5.82 Å². The Morgan fingerprint density at radius 3 is 3.06 bits per heavy atom. The van der Waals surface area contributed by atoms with Gasteiger partial charge in [-0.3, -0.25) is 9.69 Å². The average molecular weight is 249 g/mol. The molecular formula is C13H19N3O2. The first-order valence-corrected chi connectivity index (χ1v) is 6.69. The number of carbonyl (C=O) groups is 1. The first kappa shape index (κ1) is 11.7. The van der Waals surface area contributed by atoms with E-state index < -0.39 is 5.97 Å². The van der Waals surface area contributed by atoms with Gasteiger partial charge in [0, 0.05) is 31.0 Å². The fourth-order valence-electron chi connectivity index (χ4n) is 3.56. The van der Waals surface area contributed by atoms with Crippen LogP contribution < -0.4 is 0 Å². The monoisotopic (exact) mass is 249 g/mol. The van der Waals surface area contributed by atoms with Gasteiger partial charge in [0.2, 0.25) is 0 Å². The number of aliphatic carboxylic acids is 1. The molecule has 3 heterocycles. The van der Waals surface area contributed by atoms with E-state index >= 15 is 0 Å². The molecule has 5 nitrogen and oxygen atoms in total. The molecule has 2 saturated heterocycles. The fourth-order valence-corrected chi connectivity index (χ4v) is 3.56. The lowest BCUT2D eigenvalue weighted by Gasteiger charge is -2.22. The van der Waals surface area contributed by atoms with Gasteiger partial charge < -0.3 is 9.67 Å². The minimum atomic E-state index is -0.633. The minimum absolute atomic E-state index is 0.172. The van der Waals surface area contributed by atoms with Crippen molar-refractivity contribution >= 4 is 5.97 Å². The van der Waals surface area contributed by atoms with Crippen LogP contribution in [0.15, 0.2) is 12.4 Å². The van der Waals surface area contributed by atoms with Crippen LogP contribution in [0.3, 0.4) is 0 Å². The van der Waals surface area contributed by atoms with Crippen LogP contribution in [0.25, 0.3) is 0 Å². The van der Waals surface area contributed by atoms with Crippen LogP contribution in [0, 0.1) is 5.92 Å². The van der Waals surface area contributed by atoms with Crippen LogP contribution >= 0.6 is 0 Å². The van der Waals surface area contributed by atoms with Crippen LogP contribution in [0.2, 0.25) is 0 Å². The molecule has 0 aromatic carbocycles. The van der Waals surface area contributed by atoms with Gasteiger partial charge in [0.05, 0.1) is 12.5 Å². The molecule has 0 amide bonds. The van der Waals surface area contributed by atoms with Crippen molar-refractivity contribution < 1.29 is 9.90 Å². The van der Waals surface area contributed by atoms with Crippen molar-refractivity contribution in [3.63, 3.8) is 0 Å². The van der Waals surface area contributed by atoms with E-state index in [1.807, 2.05) is 12.4 Å². The normalized spacial score (nSPS) is 31.1. The highest BCUT2D eigenvalue weighted by atomic mass is 16.4. The molecule has 1 aromatic rings. The fraction of sp³-hybridized carbons (Fsp3) is 0.692. The zero-order valence-corrected chi connectivity index (χ0v) is 10.6. The van der Waals surface area contributed by atoms with Gasteiger partial charge in [-0.15, -0.1) is 0 Å². The molecule has 0 radical (unpaired) electrons. The molecule has 2 fully saturated rings. The Balaban J connectivity index is 1.76. The van der Waals surface area contributed by atoms with Gasteiger partial charge in [-0.1, -0.05) is 0 Å². The summed E-state index contributed by atoms with van der Waals surface area (Å²) in [7, 11) is 0. The Morgan fingerprint density at radius 2 is 2.39 bits per heavy atom. The SMILES string of the molecule is CCn1ccnc1CN1C2CCC1C(C(=O)O)C2. The molecule has 1 aromatic heterocycles. The summed E-state index contributed by atoms with van der Waals surface area (Å²) >= 11 is 0. The molecule has 3 rings (SSSR count). The third-order valence-corrected chi connectivity index (χ3v) is 4.46. The van der Waals surface area contributed by atoms with Gasteiger partial charge in [0.15, 0.2) is 0 Å². The summed E-state index contributed by atoms with van der Waals surface area (Å²) in [6.07, 6.45) is 6.79. The quantitative estimate of drug-likeness (QED) is 0.875. The molecule has 1 N–H and O–H groups in total. The smallest absolute Gasteiger partial charge is 0.308 e. The van der Waals surface area contributed by atoms with Gasteiger partial charge in [-0.25, -0.2) is 4.98 Å². The lowest BCUT2D eigenvalue weighted by Crippen LogP contribution is -2.33. The number of carboxylic acid groups (broad SMARTS) is 1. The number of fused-ring (bicyclic) bond motifs is 2. The highest BCUT2D eigenvalue weighted by Gasteiger charge is 2.49. The molecule has 18 heavy (non-hydrogen) atoms. The molecule has 0 spiro atoms. The van der Waals surface area contributed by atoms with Gasteiger partial charge >= 0.3 is 5.97 Å². The Bertz CT molecular complexity index is 457. The number of aryl methyl sites for hydroxylation is 1. The summed E-state index contributed by atoms with van der Waals surface area (Å²) in [5, 5.41) is 9.23. The lowest BCUT2D eigenvalue weighted by molar-refractivity contribution is -0.142. The van der Waals surface area contributed by atoms with Crippen LogP contribution in [0.4, 0.5) is 0 Å². The maximum atomic E-state index is 11.2. The number of rotatable bonds is 4. The molecule has 0 aliphatic carbocycles. The van der Waals surface area contributed by atoms with Crippen LogP contribution in [0.5, 0.6) is 0 Å². The Morgan fingerprint density at radius 1 is 1.56 bits per heavy atom. The molecule has 2 aliphatic heterocycles. The summed E-state index contributed by atoms with van der Waals surface area (Å²) in [4.78, 5) is 18.0. The van der Waals surface area contributed by atoms with Crippen molar-refractivity contribution in [2.45, 2.75) is 51.4 Å². The molecule has 5 heteroatoms. The molecular weight excluding hydrogens is 230 g/mol. The van der Waals surface area contributed by atoms with Crippen LogP contribution in [0.1, 0.15) is 32.0 Å². The van der Waals surface area contributed by atoms with E-state index in [1.165, 1.54) is 0 Å². The number of aromatic nitrogens is 2. The predicted octanol–water partition coefficient (Wildman–Crippen LogP) is 1.34. The molecule has 3 atom stereocenters. The van der Waals surface area contributed by atoms with Gasteiger partial charge in [-0.05, 0) is 26.2 Å². The zero-order chi connectivity index (χ0) is 12.7. The first-order chi connectivity index (χ1) is 8.70. The van der Waals surface area contributed by atoms with E-state index in [0.717, 1.165) is 38.2 Å². The van der Waals surface area contributed by atoms with E-state index in [2.05, 4.69) is 21.4 Å². The van der Waals surface area contributed by atoms with Crippen LogP contribution in [-0.2, 0) is 17.9 Å². The number of carboxylic acids is 1. The maximum Gasteiger partial charge on any atom is 0.308 e. The third-order valence-electron chi connectivity index (χ3n) is 4.46. The average Bonchev–Trinajstić information content (AvgIpc) is 3.04. The summed E-state index contributed by atoms with van der Waals surface area (Å²) in [5.74, 6) is 0.250. The summed E-state index contributed by atoms with van der Waals surface area (Å²) in [5.41, 5.74) is 0. The van der Waals surface area contributed by atoms with Crippen LogP contribution in [-0.4, -0.2) is 37.6 Å². The topological polar surface area (TPSA) is 58.4 Å². The van der Waals surface area contributed by atoms with Gasteiger partial charge in [-0.2, -0.15) is 0 Å². The van der Waals surface area contributed by atoms with Crippen molar-refractivity contribution in [1.29, 1.82) is 0 Å². The molecule has 2 bridgehead atoms. The molecule has 98 valence electrons. The van der Waals surface area contributed by atoms with E-state index in [4.69, 9.17) is 0 Å². The zero-order valence-electron chi connectivity index (χ0n) is 10.6. The number of hydrogen-bond acceptors (Lipinski definition) is 3. The second-order valence-electron chi connectivity index (χ2n) is 5.28. The summed E-state index contributed by atoms with van der Waals surface area (Å²) in [6.45, 7) is 3.81. The Kier molecular flexibility index (Phi) is 2.86. The highest BCUT2D eigenvalue weighted by molar-refractivity contribution is 5.71. The van der Waals surface area contributed by atoms with E-state index in [1.54, 1.807) is 0 Å². The maximum absolute atomic E-state index is 11.2. The van der Waals surface area contributed by atoms with E-state index in [0.29, 0.717) is 6.04 Å². The van der Waals surface area contributed by atoms with Crippen molar-refractivity contribution in [2.75, 3.05) is 0 Å². The second kappa shape index (κ2) is 4.39. The Hall–Kier alpha value is -1.36. The largest absolute Gasteiger partial charge is 0.481 e. The summed E-state index contributed by atoms with van der Waals surface area (Å²) < 4.78 is 2.13. The lowest BCUT2D eigenvalue weighted by atomic mass is 9.89. The predicted molar refractivity (Wildman–Crippen MR) is 66.0 cm³/mol. The van der Waals surface area contributed by atoms with E-state index in [9.17, 15) is 9.90 Å². The molecule has 2 aliphatic rings. The van der Waals surface area contributed by atoms with Crippen molar-refractivity contribution in [3.8, 4) is 0 Å².